The molecule has 3 nitrogen and oxygen atoms in total. The van der Waals surface area contributed by atoms with E-state index in [1.54, 1.807) is 7.11 Å². The molecule has 1 heterocycles. The summed E-state index contributed by atoms with van der Waals surface area (Å²) in [5.74, 6) is 0. The van der Waals surface area contributed by atoms with Crippen molar-refractivity contribution < 1.29 is 4.74 Å². The Bertz CT molecular complexity index is 325. The molecular formula is C12H18N2O. The third kappa shape index (κ3) is 2.78. The van der Waals surface area contributed by atoms with E-state index in [1.165, 1.54) is 16.7 Å². The fourth-order valence-corrected chi connectivity index (χ4v) is 1.87. The second-order valence-electron chi connectivity index (χ2n) is 3.88. The predicted molar refractivity (Wildman–Crippen MR) is 60.6 cm³/mol. The topological polar surface area (TPSA) is 33.3 Å². The highest BCUT2D eigenvalue weighted by Gasteiger charge is 2.09. The van der Waals surface area contributed by atoms with E-state index >= 15 is 0 Å². The number of nitrogens with one attached hydrogen (secondary N) is 2. The highest BCUT2D eigenvalue weighted by atomic mass is 16.5. The number of ether oxygens (including phenoxy) is 1. The minimum atomic E-state index is 0.770. The molecule has 0 unspecified atom stereocenters. The normalized spacial score (nSPS) is 14.2. The fraction of sp³-hybridized carbons (Fsp3) is 0.500. The lowest BCUT2D eigenvalue weighted by molar-refractivity contribution is 0.199. The molecule has 1 aromatic rings. The van der Waals surface area contributed by atoms with Crippen LogP contribution in [0.25, 0.3) is 0 Å². The van der Waals surface area contributed by atoms with Gasteiger partial charge in [0.15, 0.2) is 0 Å². The number of benzene rings is 1. The van der Waals surface area contributed by atoms with Gasteiger partial charge in [-0.3, -0.25) is 0 Å². The van der Waals surface area contributed by atoms with Crippen molar-refractivity contribution in [2.75, 3.05) is 20.3 Å². The minimum Gasteiger partial charge on any atom is -0.383 e. The molecule has 0 saturated carbocycles. The summed E-state index contributed by atoms with van der Waals surface area (Å²) >= 11 is 0. The van der Waals surface area contributed by atoms with Gasteiger partial charge in [-0.15, -0.1) is 0 Å². The summed E-state index contributed by atoms with van der Waals surface area (Å²) in [7, 11) is 1.72. The molecule has 1 aliphatic rings. The second-order valence-corrected chi connectivity index (χ2v) is 3.88. The van der Waals surface area contributed by atoms with Gasteiger partial charge >= 0.3 is 0 Å². The maximum Gasteiger partial charge on any atom is 0.0587 e. The summed E-state index contributed by atoms with van der Waals surface area (Å²) in [6.45, 7) is 4.64. The predicted octanol–water partition coefficient (Wildman–Crippen LogP) is 1.03. The molecule has 1 aromatic carbocycles. The Morgan fingerprint density at radius 3 is 3.07 bits per heavy atom. The largest absolute Gasteiger partial charge is 0.383 e. The summed E-state index contributed by atoms with van der Waals surface area (Å²) < 4.78 is 4.98. The first kappa shape index (κ1) is 10.6. The molecule has 1 aliphatic heterocycles. The summed E-state index contributed by atoms with van der Waals surface area (Å²) in [5, 5.41) is 6.70. The maximum atomic E-state index is 4.98. The van der Waals surface area contributed by atoms with E-state index in [9.17, 15) is 0 Å². The monoisotopic (exact) mass is 206 g/mol. The minimum absolute atomic E-state index is 0.770. The Kier molecular flexibility index (Phi) is 3.72. The van der Waals surface area contributed by atoms with E-state index in [1.807, 2.05) is 0 Å². The summed E-state index contributed by atoms with van der Waals surface area (Å²) in [6, 6.07) is 6.71. The zero-order valence-electron chi connectivity index (χ0n) is 9.18. The van der Waals surface area contributed by atoms with Crippen LogP contribution in [0.5, 0.6) is 0 Å². The average molecular weight is 206 g/mol. The van der Waals surface area contributed by atoms with Gasteiger partial charge in [0.25, 0.3) is 0 Å². The molecule has 15 heavy (non-hydrogen) atoms. The second kappa shape index (κ2) is 5.26. The number of hydrogen-bond donors (Lipinski definition) is 2. The van der Waals surface area contributed by atoms with Crippen molar-refractivity contribution in [3.05, 3.63) is 34.9 Å². The van der Waals surface area contributed by atoms with Gasteiger partial charge in [-0.05, 0) is 16.7 Å². The van der Waals surface area contributed by atoms with E-state index in [2.05, 4.69) is 28.8 Å². The lowest BCUT2D eigenvalue weighted by atomic mass is 10.1. The molecule has 0 bridgehead atoms. The number of methoxy groups -OCH3 is 1. The van der Waals surface area contributed by atoms with Gasteiger partial charge in [-0.2, -0.15) is 0 Å². The molecular weight excluding hydrogens is 188 g/mol. The molecule has 0 saturated heterocycles. The molecule has 0 radical (unpaired) electrons. The number of fused-ring (bicyclic) bond motifs is 1. The fourth-order valence-electron chi connectivity index (χ4n) is 1.87. The van der Waals surface area contributed by atoms with Gasteiger partial charge in [-0.25, -0.2) is 0 Å². The molecule has 0 aliphatic carbocycles. The van der Waals surface area contributed by atoms with Crippen LogP contribution in [0.15, 0.2) is 18.2 Å². The van der Waals surface area contributed by atoms with Gasteiger partial charge in [0.1, 0.15) is 0 Å². The Morgan fingerprint density at radius 1 is 1.33 bits per heavy atom. The van der Waals surface area contributed by atoms with Crippen LogP contribution < -0.4 is 10.6 Å². The van der Waals surface area contributed by atoms with Crippen molar-refractivity contribution in [2.24, 2.45) is 0 Å². The van der Waals surface area contributed by atoms with Crippen molar-refractivity contribution in [1.29, 1.82) is 0 Å². The average Bonchev–Trinajstić information content (AvgIpc) is 2.71. The molecule has 2 rings (SSSR count). The Balaban J connectivity index is 1.87. The highest BCUT2D eigenvalue weighted by Crippen LogP contribution is 2.16. The van der Waals surface area contributed by atoms with Crippen molar-refractivity contribution in [1.82, 2.24) is 10.6 Å². The molecule has 3 heteroatoms. The van der Waals surface area contributed by atoms with Crippen molar-refractivity contribution in [3.63, 3.8) is 0 Å². The Labute approximate surface area is 90.8 Å². The zero-order chi connectivity index (χ0) is 10.5. The van der Waals surface area contributed by atoms with E-state index in [4.69, 9.17) is 4.74 Å². The first-order valence-electron chi connectivity index (χ1n) is 5.41. The van der Waals surface area contributed by atoms with Crippen LogP contribution in [0.4, 0.5) is 0 Å². The Morgan fingerprint density at radius 2 is 2.20 bits per heavy atom. The van der Waals surface area contributed by atoms with Crippen LogP contribution in [-0.4, -0.2) is 20.3 Å². The number of rotatable bonds is 5. The van der Waals surface area contributed by atoms with E-state index in [0.29, 0.717) is 0 Å². The van der Waals surface area contributed by atoms with Crippen LogP contribution in [0.2, 0.25) is 0 Å². The molecule has 0 amide bonds. The molecule has 82 valence electrons. The molecule has 2 N–H and O–H groups in total. The summed E-state index contributed by atoms with van der Waals surface area (Å²) in [4.78, 5) is 0. The van der Waals surface area contributed by atoms with Gasteiger partial charge in [0.05, 0.1) is 6.61 Å². The van der Waals surface area contributed by atoms with E-state index in [-0.39, 0.29) is 0 Å². The lowest BCUT2D eigenvalue weighted by Gasteiger charge is -2.06. The molecule has 0 aromatic heterocycles. The van der Waals surface area contributed by atoms with Gasteiger partial charge < -0.3 is 15.4 Å². The van der Waals surface area contributed by atoms with Crippen molar-refractivity contribution in [3.8, 4) is 0 Å². The quantitative estimate of drug-likeness (QED) is 0.706. The smallest absolute Gasteiger partial charge is 0.0587 e. The van der Waals surface area contributed by atoms with Crippen LogP contribution in [0, 0.1) is 0 Å². The van der Waals surface area contributed by atoms with Crippen LogP contribution in [-0.2, 0) is 24.4 Å². The Hall–Kier alpha value is -0.900. The van der Waals surface area contributed by atoms with Crippen LogP contribution >= 0.6 is 0 Å². The van der Waals surface area contributed by atoms with Crippen LogP contribution in [0.3, 0.4) is 0 Å². The summed E-state index contributed by atoms with van der Waals surface area (Å²) in [6.07, 6.45) is 0. The first-order valence-corrected chi connectivity index (χ1v) is 5.41. The molecule has 0 atom stereocenters. The van der Waals surface area contributed by atoms with Crippen molar-refractivity contribution >= 4 is 0 Å². The zero-order valence-corrected chi connectivity index (χ0v) is 9.18. The van der Waals surface area contributed by atoms with Gasteiger partial charge in [0.2, 0.25) is 0 Å². The third-order valence-electron chi connectivity index (χ3n) is 2.71. The van der Waals surface area contributed by atoms with Gasteiger partial charge in [-0.1, -0.05) is 18.2 Å². The maximum absolute atomic E-state index is 4.98. The SMILES string of the molecule is COCCNCc1ccc2c(c1)CNC2. The summed E-state index contributed by atoms with van der Waals surface area (Å²) in [5.41, 5.74) is 4.24. The van der Waals surface area contributed by atoms with Gasteiger partial charge in [0, 0.05) is 33.3 Å². The number of hydrogen-bond acceptors (Lipinski definition) is 3. The first-order chi connectivity index (χ1) is 7.40. The van der Waals surface area contributed by atoms with E-state index in [0.717, 1.165) is 32.8 Å². The van der Waals surface area contributed by atoms with E-state index < -0.39 is 0 Å². The van der Waals surface area contributed by atoms with Crippen LogP contribution in [0.1, 0.15) is 16.7 Å². The standard InChI is InChI=1S/C12H18N2O/c1-15-5-4-13-7-10-2-3-11-8-14-9-12(11)6-10/h2-3,6,13-14H,4-5,7-9H2,1H3. The lowest BCUT2D eigenvalue weighted by Crippen LogP contribution is -2.18. The molecule has 0 fully saturated rings. The van der Waals surface area contributed by atoms with Crippen molar-refractivity contribution in [2.45, 2.75) is 19.6 Å². The molecule has 0 spiro atoms. The highest BCUT2D eigenvalue weighted by molar-refractivity contribution is 5.34. The third-order valence-corrected chi connectivity index (χ3v) is 2.71.